The molecule has 2 aromatic rings. The Morgan fingerprint density at radius 3 is 2.74 bits per heavy atom. The van der Waals surface area contributed by atoms with Crippen molar-refractivity contribution >= 4 is 5.91 Å². The molecule has 0 aliphatic carbocycles. The molecular formula is C18H21N3O2. The Morgan fingerprint density at radius 2 is 1.96 bits per heavy atom. The monoisotopic (exact) mass is 311 g/mol. The average Bonchev–Trinajstić information content (AvgIpc) is 2.97. The molecule has 2 aliphatic heterocycles. The lowest BCUT2D eigenvalue weighted by atomic mass is 9.91. The van der Waals surface area contributed by atoms with Crippen molar-refractivity contribution < 1.29 is 9.53 Å². The summed E-state index contributed by atoms with van der Waals surface area (Å²) in [7, 11) is 0. The lowest BCUT2D eigenvalue weighted by molar-refractivity contribution is 0.0614. The van der Waals surface area contributed by atoms with Gasteiger partial charge in [-0.2, -0.15) is 0 Å². The highest BCUT2D eigenvalue weighted by Crippen LogP contribution is 2.31. The fraction of sp³-hybridized carbons (Fsp3) is 0.444. The van der Waals surface area contributed by atoms with E-state index in [1.807, 2.05) is 33.7 Å². The second-order valence-electron chi connectivity index (χ2n) is 6.82. The Balaban J connectivity index is 1.67. The number of ether oxygens (including phenoxy) is 1. The molecule has 2 atom stereocenters. The van der Waals surface area contributed by atoms with E-state index in [-0.39, 0.29) is 5.91 Å². The average molecular weight is 311 g/mol. The number of imidazole rings is 1. The summed E-state index contributed by atoms with van der Waals surface area (Å²) in [6.45, 7) is 6.42. The highest BCUT2D eigenvalue weighted by Gasteiger charge is 2.31. The Bertz CT molecular complexity index is 742. The molecular weight excluding hydrogens is 290 g/mol. The molecule has 1 amide bonds. The van der Waals surface area contributed by atoms with Gasteiger partial charge >= 0.3 is 0 Å². The molecule has 0 spiro atoms. The molecule has 1 aromatic heterocycles. The van der Waals surface area contributed by atoms with Crippen LogP contribution in [0.1, 0.15) is 36.5 Å². The number of carbonyl (C=O) groups excluding carboxylic acids is 1. The summed E-state index contributed by atoms with van der Waals surface area (Å²) >= 11 is 0. The third-order valence-electron chi connectivity index (χ3n) is 4.71. The number of rotatable bonds is 1. The van der Waals surface area contributed by atoms with Gasteiger partial charge in [-0.05, 0) is 30.4 Å². The van der Waals surface area contributed by atoms with Gasteiger partial charge in [0.25, 0.3) is 5.91 Å². The van der Waals surface area contributed by atoms with Crippen molar-refractivity contribution in [3.63, 3.8) is 0 Å². The van der Waals surface area contributed by atoms with Gasteiger partial charge in [-0.1, -0.05) is 26.0 Å². The van der Waals surface area contributed by atoms with E-state index in [4.69, 9.17) is 4.74 Å². The lowest BCUT2D eigenvalue weighted by Crippen LogP contribution is -2.43. The predicted molar refractivity (Wildman–Crippen MR) is 86.7 cm³/mol. The molecule has 3 heterocycles. The van der Waals surface area contributed by atoms with Gasteiger partial charge in [0.05, 0.1) is 11.4 Å². The first kappa shape index (κ1) is 14.3. The molecule has 5 heteroatoms. The van der Waals surface area contributed by atoms with Crippen LogP contribution in [0.3, 0.4) is 0 Å². The van der Waals surface area contributed by atoms with Crippen LogP contribution in [0.2, 0.25) is 0 Å². The Labute approximate surface area is 135 Å². The van der Waals surface area contributed by atoms with Crippen LogP contribution in [0, 0.1) is 11.8 Å². The van der Waals surface area contributed by atoms with Gasteiger partial charge in [-0.25, -0.2) is 4.98 Å². The number of likely N-dealkylation sites (tertiary alicyclic amines) is 1. The normalized spacial score (nSPS) is 23.0. The third-order valence-corrected chi connectivity index (χ3v) is 4.71. The molecule has 120 valence electrons. The zero-order chi connectivity index (χ0) is 16.0. The molecule has 2 unspecified atom stereocenters. The van der Waals surface area contributed by atoms with Crippen molar-refractivity contribution in [2.45, 2.75) is 26.9 Å². The maximum atomic E-state index is 12.9. The first-order valence-electron chi connectivity index (χ1n) is 8.21. The van der Waals surface area contributed by atoms with Crippen molar-refractivity contribution in [2.24, 2.45) is 11.8 Å². The standard InChI is InChI=1S/C18H21N3O2/c1-12-7-13(2)9-20(8-12)18(22)17-15-10-23-16-6-4-3-5-14(16)21(15)11-19-17/h3-6,11-13H,7-10H2,1-2H3. The first-order chi connectivity index (χ1) is 11.1. The summed E-state index contributed by atoms with van der Waals surface area (Å²) in [5, 5.41) is 0. The second-order valence-corrected chi connectivity index (χ2v) is 6.82. The van der Waals surface area contributed by atoms with Crippen molar-refractivity contribution in [3.05, 3.63) is 42.0 Å². The molecule has 1 aromatic carbocycles. The van der Waals surface area contributed by atoms with E-state index in [0.29, 0.717) is 24.1 Å². The molecule has 4 rings (SSSR count). The van der Waals surface area contributed by atoms with E-state index in [0.717, 1.165) is 30.2 Å². The van der Waals surface area contributed by atoms with Gasteiger partial charge in [-0.3, -0.25) is 9.36 Å². The van der Waals surface area contributed by atoms with Crippen LogP contribution in [0.25, 0.3) is 5.69 Å². The summed E-state index contributed by atoms with van der Waals surface area (Å²) in [5.74, 6) is 1.94. The third kappa shape index (κ3) is 2.40. The molecule has 0 saturated carbocycles. The SMILES string of the molecule is CC1CC(C)CN(C(=O)c2ncn3c2COc2ccccc2-3)C1. The minimum absolute atomic E-state index is 0.0279. The molecule has 5 nitrogen and oxygen atoms in total. The zero-order valence-corrected chi connectivity index (χ0v) is 13.5. The van der Waals surface area contributed by atoms with E-state index in [1.54, 1.807) is 6.33 Å². The predicted octanol–water partition coefficient (Wildman–Crippen LogP) is 2.88. The lowest BCUT2D eigenvalue weighted by Gasteiger charge is -2.34. The van der Waals surface area contributed by atoms with Gasteiger partial charge in [0, 0.05) is 13.1 Å². The van der Waals surface area contributed by atoms with Crippen molar-refractivity contribution in [2.75, 3.05) is 13.1 Å². The van der Waals surface area contributed by atoms with E-state index in [9.17, 15) is 4.79 Å². The van der Waals surface area contributed by atoms with Crippen LogP contribution in [0.15, 0.2) is 30.6 Å². The Morgan fingerprint density at radius 1 is 1.22 bits per heavy atom. The molecule has 2 aliphatic rings. The van der Waals surface area contributed by atoms with E-state index < -0.39 is 0 Å². The van der Waals surface area contributed by atoms with Crippen molar-refractivity contribution in [1.82, 2.24) is 14.5 Å². The topological polar surface area (TPSA) is 47.4 Å². The van der Waals surface area contributed by atoms with Gasteiger partial charge in [0.15, 0.2) is 5.69 Å². The summed E-state index contributed by atoms with van der Waals surface area (Å²) in [4.78, 5) is 19.3. The maximum absolute atomic E-state index is 12.9. The Hall–Kier alpha value is -2.30. The summed E-state index contributed by atoms with van der Waals surface area (Å²) in [5.41, 5.74) is 2.32. The first-order valence-corrected chi connectivity index (χ1v) is 8.21. The minimum atomic E-state index is 0.0279. The quantitative estimate of drug-likeness (QED) is 0.813. The minimum Gasteiger partial charge on any atom is -0.485 e. The Kier molecular flexibility index (Phi) is 3.36. The summed E-state index contributed by atoms with van der Waals surface area (Å²) in [6, 6.07) is 7.84. The zero-order valence-electron chi connectivity index (χ0n) is 13.5. The van der Waals surface area contributed by atoms with Crippen LogP contribution in [-0.2, 0) is 6.61 Å². The molecule has 0 radical (unpaired) electrons. The highest BCUT2D eigenvalue weighted by molar-refractivity contribution is 5.94. The van der Waals surface area contributed by atoms with E-state index >= 15 is 0 Å². The fourth-order valence-electron chi connectivity index (χ4n) is 3.80. The number of piperidine rings is 1. The molecule has 1 fully saturated rings. The number of carbonyl (C=O) groups is 1. The number of fused-ring (bicyclic) bond motifs is 3. The van der Waals surface area contributed by atoms with Crippen LogP contribution in [0.4, 0.5) is 0 Å². The number of hydrogen-bond acceptors (Lipinski definition) is 3. The largest absolute Gasteiger partial charge is 0.485 e. The van der Waals surface area contributed by atoms with E-state index in [2.05, 4.69) is 18.8 Å². The highest BCUT2D eigenvalue weighted by atomic mass is 16.5. The van der Waals surface area contributed by atoms with Crippen molar-refractivity contribution in [3.8, 4) is 11.4 Å². The second kappa shape index (κ2) is 5.41. The van der Waals surface area contributed by atoms with Gasteiger partial charge < -0.3 is 9.64 Å². The molecule has 1 saturated heterocycles. The van der Waals surface area contributed by atoms with Gasteiger partial charge in [0.1, 0.15) is 18.7 Å². The number of amides is 1. The number of para-hydroxylation sites is 2. The van der Waals surface area contributed by atoms with Crippen LogP contribution < -0.4 is 4.74 Å². The number of benzene rings is 1. The van der Waals surface area contributed by atoms with E-state index in [1.165, 1.54) is 6.42 Å². The summed E-state index contributed by atoms with van der Waals surface area (Å²) in [6.07, 6.45) is 2.92. The smallest absolute Gasteiger partial charge is 0.274 e. The molecule has 0 N–H and O–H groups in total. The van der Waals surface area contributed by atoms with Gasteiger partial charge in [0.2, 0.25) is 0 Å². The van der Waals surface area contributed by atoms with Crippen LogP contribution in [0.5, 0.6) is 5.75 Å². The maximum Gasteiger partial charge on any atom is 0.274 e. The van der Waals surface area contributed by atoms with Crippen molar-refractivity contribution in [1.29, 1.82) is 0 Å². The number of nitrogens with zero attached hydrogens (tertiary/aromatic N) is 3. The fourth-order valence-corrected chi connectivity index (χ4v) is 3.80. The molecule has 0 bridgehead atoms. The van der Waals surface area contributed by atoms with Gasteiger partial charge in [-0.15, -0.1) is 0 Å². The molecule has 23 heavy (non-hydrogen) atoms. The number of hydrogen-bond donors (Lipinski definition) is 0. The van der Waals surface area contributed by atoms with Crippen LogP contribution in [-0.4, -0.2) is 33.4 Å². The number of aromatic nitrogens is 2. The summed E-state index contributed by atoms with van der Waals surface area (Å²) < 4.78 is 7.77. The van der Waals surface area contributed by atoms with Crippen LogP contribution >= 0.6 is 0 Å².